The average Bonchev–Trinajstić information content (AvgIpc) is 3.31. The Morgan fingerprint density at radius 1 is 0.688 bits per heavy atom. The summed E-state index contributed by atoms with van der Waals surface area (Å²) in [7, 11) is 16.1. The van der Waals surface area contributed by atoms with E-state index in [1.54, 1.807) is 0 Å². The summed E-state index contributed by atoms with van der Waals surface area (Å²) in [5.74, 6) is 0. The Hall–Kier alpha value is -0.400. The van der Waals surface area contributed by atoms with Gasteiger partial charge in [0.05, 0.1) is 0 Å². The summed E-state index contributed by atoms with van der Waals surface area (Å²) in [6.45, 7) is 18.5. The first kappa shape index (κ1) is 24.7. The first-order valence-corrected chi connectivity index (χ1v) is 26.7. The first-order valence-electron chi connectivity index (χ1n) is 11.7. The van der Waals surface area contributed by atoms with Crippen molar-refractivity contribution >= 4 is 41.2 Å². The van der Waals surface area contributed by atoms with Crippen molar-refractivity contribution in [2.75, 3.05) is 0 Å². The monoisotopic (exact) mass is 560 g/mol. The molecule has 32 heavy (non-hydrogen) atoms. The van der Waals surface area contributed by atoms with Gasteiger partial charge in [0.1, 0.15) is 0 Å². The van der Waals surface area contributed by atoms with Crippen molar-refractivity contribution in [3.05, 3.63) is 69.8 Å². The molecule has 0 aliphatic heterocycles. The van der Waals surface area contributed by atoms with Crippen molar-refractivity contribution in [1.29, 1.82) is 0 Å². The molecular formula is C28H36Cl2SiZr. The summed E-state index contributed by atoms with van der Waals surface area (Å²) < 4.78 is 2.52. The van der Waals surface area contributed by atoms with E-state index in [2.05, 4.69) is 103 Å². The maximum atomic E-state index is 8.03. The van der Waals surface area contributed by atoms with Gasteiger partial charge in [0, 0.05) is 0 Å². The van der Waals surface area contributed by atoms with E-state index in [0.717, 1.165) is 12.8 Å². The fourth-order valence-electron chi connectivity index (χ4n) is 5.15. The number of allylic oxidation sites excluding steroid dienone is 2. The van der Waals surface area contributed by atoms with Gasteiger partial charge in [-0.25, -0.2) is 0 Å². The molecule has 2 aromatic rings. The van der Waals surface area contributed by atoms with Gasteiger partial charge >= 0.3 is 204 Å². The van der Waals surface area contributed by atoms with E-state index in [9.17, 15) is 0 Å². The van der Waals surface area contributed by atoms with Crippen LogP contribution in [0.4, 0.5) is 0 Å². The third-order valence-electron chi connectivity index (χ3n) is 7.54. The van der Waals surface area contributed by atoms with Gasteiger partial charge in [0.25, 0.3) is 0 Å². The Morgan fingerprint density at radius 2 is 1.06 bits per heavy atom. The Kier molecular flexibility index (Phi) is 6.03. The van der Waals surface area contributed by atoms with E-state index < -0.39 is 20.4 Å². The molecule has 0 amide bonds. The van der Waals surface area contributed by atoms with E-state index in [-0.39, 0.29) is 10.8 Å². The molecule has 0 saturated carbocycles. The Labute approximate surface area is 202 Å². The molecule has 0 saturated heterocycles. The van der Waals surface area contributed by atoms with Crippen LogP contribution >= 0.6 is 17.0 Å². The number of halogens is 2. The zero-order valence-corrected chi connectivity index (χ0v) is 25.8. The maximum absolute atomic E-state index is 8.03. The average molecular weight is 563 g/mol. The van der Waals surface area contributed by atoms with E-state index in [1.807, 2.05) is 0 Å². The van der Waals surface area contributed by atoms with Crippen molar-refractivity contribution in [3.63, 3.8) is 0 Å². The molecule has 0 atom stereocenters. The fourth-order valence-corrected chi connectivity index (χ4v) is 26.7. The van der Waals surface area contributed by atoms with Crippen LogP contribution in [0, 0.1) is 10.8 Å². The summed E-state index contributed by atoms with van der Waals surface area (Å²) in [5.41, 5.74) is 7.59. The molecule has 0 spiro atoms. The zero-order valence-electron chi connectivity index (χ0n) is 20.8. The minimum absolute atomic E-state index is 0.144. The van der Waals surface area contributed by atoms with Crippen molar-refractivity contribution in [3.8, 4) is 0 Å². The molecule has 0 nitrogen and oxygen atoms in total. The molecule has 2 aliphatic carbocycles. The molecule has 0 N–H and O–H groups in total. The van der Waals surface area contributed by atoms with Gasteiger partial charge in [-0.2, -0.15) is 0 Å². The Bertz CT molecular complexity index is 1170. The third-order valence-corrected chi connectivity index (χ3v) is 50.5. The van der Waals surface area contributed by atoms with Crippen LogP contribution in [0.25, 0.3) is 12.2 Å². The van der Waals surface area contributed by atoms with Crippen molar-refractivity contribution in [2.24, 2.45) is 10.8 Å². The first-order chi connectivity index (χ1) is 14.6. The molecule has 0 aromatic heterocycles. The minimum atomic E-state index is -4.60. The number of hydrogen-bond donors (Lipinski definition) is 0. The molecule has 2 aromatic carbocycles. The fraction of sp³-hybridized carbons (Fsp3) is 0.429. The van der Waals surface area contributed by atoms with Crippen LogP contribution in [0.1, 0.15) is 63.8 Å². The quantitative estimate of drug-likeness (QED) is 0.327. The van der Waals surface area contributed by atoms with Crippen molar-refractivity contribution < 1.29 is 15.0 Å². The normalized spacial score (nSPS) is 16.5. The predicted octanol–water partition coefficient (Wildman–Crippen LogP) is 7.86. The topological polar surface area (TPSA) is 0 Å². The molecule has 2 aliphatic rings. The zero-order chi connectivity index (χ0) is 23.7. The Balaban J connectivity index is 2.05. The summed E-state index contributed by atoms with van der Waals surface area (Å²) in [5, 5.41) is 0. The van der Waals surface area contributed by atoms with Gasteiger partial charge in [0.15, 0.2) is 0 Å². The molecule has 0 unspecified atom stereocenters. The molecule has 0 radical (unpaired) electrons. The molecule has 0 heterocycles. The molecule has 0 bridgehead atoms. The van der Waals surface area contributed by atoms with E-state index in [4.69, 9.17) is 17.0 Å². The van der Waals surface area contributed by atoms with Crippen LogP contribution in [0.5, 0.6) is 0 Å². The summed E-state index contributed by atoms with van der Waals surface area (Å²) in [4.78, 5) is 0. The van der Waals surface area contributed by atoms with Crippen LogP contribution in [-0.2, 0) is 27.9 Å². The Morgan fingerprint density at radius 3 is 1.38 bits per heavy atom. The summed E-state index contributed by atoms with van der Waals surface area (Å²) in [6, 6.07) is 13.4. The van der Waals surface area contributed by atoms with E-state index >= 15 is 0 Å². The third kappa shape index (κ3) is 3.82. The molecule has 0 fully saturated rings. The molecular weight excluding hydrogens is 527 g/mol. The van der Waals surface area contributed by atoms with Gasteiger partial charge in [-0.1, -0.05) is 0 Å². The standard InChI is InChI=1S/2C13H15.C2H6Si.2ClH.Zr/c2*1-13(2,3)12-8-10-6-4-5-7-11(10)9-12;1-3-2;;;/h2*4-6,9H,8H2,1-3H3;1-2H3;2*1H;/q;;;;;+2/p-2. The van der Waals surface area contributed by atoms with Crippen LogP contribution in [0.15, 0.2) is 47.5 Å². The van der Waals surface area contributed by atoms with Crippen LogP contribution in [0.2, 0.25) is 13.1 Å². The second-order valence-electron chi connectivity index (χ2n) is 12.0. The van der Waals surface area contributed by atoms with E-state index in [1.165, 1.54) is 39.9 Å². The number of rotatable bonds is 2. The van der Waals surface area contributed by atoms with Crippen LogP contribution in [-0.4, -0.2) is 5.43 Å². The van der Waals surface area contributed by atoms with Crippen molar-refractivity contribution in [2.45, 2.75) is 67.5 Å². The number of benzene rings is 2. The van der Waals surface area contributed by atoms with Gasteiger partial charge in [0.2, 0.25) is 0 Å². The van der Waals surface area contributed by atoms with Crippen molar-refractivity contribution in [1.82, 2.24) is 0 Å². The summed E-state index contributed by atoms with van der Waals surface area (Å²) >= 11 is -4.60. The number of fused-ring (bicyclic) bond motifs is 2. The molecule has 170 valence electrons. The van der Waals surface area contributed by atoms with Crippen LogP contribution < -0.4 is 6.54 Å². The second-order valence-corrected chi connectivity index (χ2v) is 48.7. The predicted molar refractivity (Wildman–Crippen MR) is 144 cm³/mol. The molecule has 4 rings (SSSR count). The van der Waals surface area contributed by atoms with Gasteiger partial charge in [-0.05, 0) is 0 Å². The summed E-state index contributed by atoms with van der Waals surface area (Å²) in [6.07, 6.45) is 6.82. The van der Waals surface area contributed by atoms with Gasteiger partial charge in [-0.15, -0.1) is 0 Å². The van der Waals surface area contributed by atoms with Gasteiger partial charge in [-0.3, -0.25) is 0 Å². The van der Waals surface area contributed by atoms with E-state index in [0.29, 0.717) is 0 Å². The number of hydrogen-bond acceptors (Lipinski definition) is 0. The van der Waals surface area contributed by atoms with Gasteiger partial charge < -0.3 is 0 Å². The SMILES string of the molecule is C[Si](C)=[Zr]([Cl])([Cl])([c]1cccc2c1C=C(C(C)(C)C)C2)[c]1cccc2c1C=C(C(C)(C)C)C2. The molecule has 4 heteroatoms. The van der Waals surface area contributed by atoms with Crippen LogP contribution in [0.3, 0.4) is 0 Å². The second kappa shape index (κ2) is 7.81.